The van der Waals surface area contributed by atoms with Crippen LogP contribution in [-0.2, 0) is 0 Å². The van der Waals surface area contributed by atoms with Crippen molar-refractivity contribution in [2.45, 2.75) is 65.3 Å². The smallest absolute Gasteiger partial charge is 0.0900 e. The first kappa shape index (κ1) is 14.0. The molecular weight excluding hydrogens is 240 g/mol. The number of aryl methyl sites for hydroxylation is 2. The molecule has 0 aliphatic heterocycles. The third kappa shape index (κ3) is 3.33. The minimum atomic E-state index is 0.541. The zero-order valence-electron chi connectivity index (χ0n) is 12.0. The van der Waals surface area contributed by atoms with E-state index in [0.29, 0.717) is 6.04 Å². The first-order valence-electron chi connectivity index (χ1n) is 7.39. The van der Waals surface area contributed by atoms with Crippen molar-refractivity contribution in [2.24, 2.45) is 5.92 Å². The molecule has 18 heavy (non-hydrogen) atoms. The minimum Gasteiger partial charge on any atom is -0.309 e. The average molecular weight is 266 g/mol. The normalized spacial score (nSPS) is 19.7. The molecule has 1 unspecified atom stereocenters. The summed E-state index contributed by atoms with van der Waals surface area (Å²) in [5.41, 5.74) is 1.24. The molecule has 102 valence electrons. The maximum Gasteiger partial charge on any atom is 0.0900 e. The van der Waals surface area contributed by atoms with Crippen LogP contribution >= 0.6 is 11.3 Å². The molecule has 1 atom stereocenters. The number of nitrogens with zero attached hydrogens (tertiary/aromatic N) is 1. The lowest BCUT2D eigenvalue weighted by Crippen LogP contribution is -2.28. The van der Waals surface area contributed by atoms with Crippen molar-refractivity contribution in [1.82, 2.24) is 10.3 Å². The molecule has 2 nitrogen and oxygen atoms in total. The van der Waals surface area contributed by atoms with E-state index in [9.17, 15) is 0 Å². The van der Waals surface area contributed by atoms with Crippen molar-refractivity contribution in [2.75, 3.05) is 6.54 Å². The molecule has 3 heteroatoms. The lowest BCUT2D eigenvalue weighted by atomic mass is 9.90. The molecule has 0 amide bonds. The van der Waals surface area contributed by atoms with Gasteiger partial charge in [-0.25, -0.2) is 4.98 Å². The van der Waals surface area contributed by atoms with E-state index < -0.39 is 0 Å². The highest BCUT2D eigenvalue weighted by molar-refractivity contribution is 7.11. The number of hydrogen-bond acceptors (Lipinski definition) is 3. The molecule has 0 spiro atoms. The van der Waals surface area contributed by atoms with Gasteiger partial charge >= 0.3 is 0 Å². The topological polar surface area (TPSA) is 24.9 Å². The van der Waals surface area contributed by atoms with Crippen LogP contribution in [-0.4, -0.2) is 11.5 Å². The molecule has 1 saturated carbocycles. The summed E-state index contributed by atoms with van der Waals surface area (Å²) in [4.78, 5) is 6.10. The van der Waals surface area contributed by atoms with E-state index in [1.807, 2.05) is 11.3 Å². The van der Waals surface area contributed by atoms with Gasteiger partial charge in [0, 0.05) is 10.9 Å². The largest absolute Gasteiger partial charge is 0.309 e. The molecule has 2 rings (SSSR count). The Morgan fingerprint density at radius 1 is 1.22 bits per heavy atom. The molecule has 1 heterocycles. The summed E-state index contributed by atoms with van der Waals surface area (Å²) in [6.07, 6.45) is 8.43. The van der Waals surface area contributed by atoms with Crippen molar-refractivity contribution in [3.8, 4) is 0 Å². The zero-order valence-corrected chi connectivity index (χ0v) is 12.8. The fourth-order valence-corrected chi connectivity index (χ4v) is 4.27. The van der Waals surface area contributed by atoms with E-state index >= 15 is 0 Å². The maximum absolute atomic E-state index is 4.61. The third-order valence-corrected chi connectivity index (χ3v) is 5.17. The van der Waals surface area contributed by atoms with Gasteiger partial charge in [0.05, 0.1) is 10.7 Å². The van der Waals surface area contributed by atoms with Gasteiger partial charge in [0.1, 0.15) is 0 Å². The van der Waals surface area contributed by atoms with Crippen LogP contribution in [0.1, 0.15) is 67.1 Å². The molecule has 0 aromatic carbocycles. The van der Waals surface area contributed by atoms with E-state index in [1.165, 1.54) is 54.1 Å². The van der Waals surface area contributed by atoms with Gasteiger partial charge in [0.2, 0.25) is 0 Å². The maximum atomic E-state index is 4.61. The Balaban J connectivity index is 2.18. The lowest BCUT2D eigenvalue weighted by molar-refractivity contribution is 0.333. The van der Waals surface area contributed by atoms with Gasteiger partial charge in [-0.3, -0.25) is 0 Å². The number of aromatic nitrogens is 1. The Hall–Kier alpha value is -0.410. The van der Waals surface area contributed by atoms with Crippen LogP contribution in [0.15, 0.2) is 0 Å². The number of nitrogens with one attached hydrogen (secondary N) is 1. The van der Waals surface area contributed by atoms with Gasteiger partial charge in [0.25, 0.3) is 0 Å². The van der Waals surface area contributed by atoms with Gasteiger partial charge in [-0.1, -0.05) is 32.6 Å². The van der Waals surface area contributed by atoms with Crippen molar-refractivity contribution < 1.29 is 0 Å². The highest BCUT2D eigenvalue weighted by atomic mass is 32.1. The van der Waals surface area contributed by atoms with Crippen molar-refractivity contribution in [3.63, 3.8) is 0 Å². The zero-order chi connectivity index (χ0) is 13.0. The summed E-state index contributed by atoms with van der Waals surface area (Å²) in [5.74, 6) is 0.811. The van der Waals surface area contributed by atoms with Crippen LogP contribution in [0.25, 0.3) is 0 Å². The van der Waals surface area contributed by atoms with E-state index in [-0.39, 0.29) is 0 Å². The Kier molecular flexibility index (Phi) is 5.19. The SMILES string of the molecule is CCNC(c1sc(C)nc1C)C1CCCCCC1. The second-order valence-corrected chi connectivity index (χ2v) is 6.70. The second-order valence-electron chi connectivity index (χ2n) is 5.47. The third-order valence-electron chi connectivity index (χ3n) is 4.02. The summed E-state index contributed by atoms with van der Waals surface area (Å²) in [5, 5.41) is 4.93. The van der Waals surface area contributed by atoms with Crippen LogP contribution in [0.3, 0.4) is 0 Å². The van der Waals surface area contributed by atoms with E-state index in [2.05, 4.69) is 31.1 Å². The van der Waals surface area contributed by atoms with Crippen molar-refractivity contribution >= 4 is 11.3 Å². The Morgan fingerprint density at radius 3 is 2.39 bits per heavy atom. The van der Waals surface area contributed by atoms with E-state index in [1.54, 1.807) is 0 Å². The number of thiazole rings is 1. The molecular formula is C15H26N2S. The molecule has 0 radical (unpaired) electrons. The van der Waals surface area contributed by atoms with Crippen LogP contribution < -0.4 is 5.32 Å². The van der Waals surface area contributed by atoms with E-state index in [4.69, 9.17) is 0 Å². The molecule has 1 aromatic heterocycles. The first-order valence-corrected chi connectivity index (χ1v) is 8.21. The molecule has 0 saturated heterocycles. The first-order chi connectivity index (χ1) is 8.72. The molecule has 1 fully saturated rings. The highest BCUT2D eigenvalue weighted by Gasteiger charge is 2.26. The van der Waals surface area contributed by atoms with Crippen molar-refractivity contribution in [1.29, 1.82) is 0 Å². The Labute approximate surface area is 115 Å². The number of hydrogen-bond donors (Lipinski definition) is 1. The Morgan fingerprint density at radius 2 is 1.89 bits per heavy atom. The van der Waals surface area contributed by atoms with Gasteiger partial charge in [0.15, 0.2) is 0 Å². The fourth-order valence-electron chi connectivity index (χ4n) is 3.17. The van der Waals surface area contributed by atoms with E-state index in [0.717, 1.165) is 12.5 Å². The van der Waals surface area contributed by atoms with Gasteiger partial charge in [-0.15, -0.1) is 11.3 Å². The van der Waals surface area contributed by atoms with Crippen LogP contribution in [0.5, 0.6) is 0 Å². The van der Waals surface area contributed by atoms with Crippen LogP contribution in [0.2, 0.25) is 0 Å². The second kappa shape index (κ2) is 6.67. The summed E-state index contributed by atoms with van der Waals surface area (Å²) < 4.78 is 0. The molecule has 1 aromatic rings. The summed E-state index contributed by atoms with van der Waals surface area (Å²) >= 11 is 1.89. The van der Waals surface area contributed by atoms with Gasteiger partial charge in [-0.2, -0.15) is 0 Å². The highest BCUT2D eigenvalue weighted by Crippen LogP contribution is 2.37. The monoisotopic (exact) mass is 266 g/mol. The summed E-state index contributed by atoms with van der Waals surface area (Å²) in [6, 6.07) is 0.541. The van der Waals surface area contributed by atoms with Crippen LogP contribution in [0, 0.1) is 19.8 Å². The lowest BCUT2D eigenvalue weighted by Gasteiger charge is -2.26. The molecule has 1 aliphatic carbocycles. The standard InChI is InChI=1S/C15H26N2S/c1-4-16-14(13-9-7-5-6-8-10-13)15-11(2)17-12(3)18-15/h13-14,16H,4-10H2,1-3H3. The van der Waals surface area contributed by atoms with Gasteiger partial charge in [-0.05, 0) is 39.2 Å². The van der Waals surface area contributed by atoms with Crippen LogP contribution in [0.4, 0.5) is 0 Å². The summed E-state index contributed by atoms with van der Waals surface area (Å²) in [7, 11) is 0. The molecule has 1 N–H and O–H groups in total. The van der Waals surface area contributed by atoms with Gasteiger partial charge < -0.3 is 5.32 Å². The van der Waals surface area contributed by atoms with Crippen molar-refractivity contribution in [3.05, 3.63) is 15.6 Å². The summed E-state index contributed by atoms with van der Waals surface area (Å²) in [6.45, 7) is 7.56. The number of rotatable bonds is 4. The predicted molar refractivity (Wildman–Crippen MR) is 79.2 cm³/mol. The quantitative estimate of drug-likeness (QED) is 0.818. The minimum absolute atomic E-state index is 0.541. The molecule has 0 bridgehead atoms. The predicted octanol–water partition coefficient (Wildman–Crippen LogP) is 4.38. The fraction of sp³-hybridized carbons (Fsp3) is 0.800. The Bertz CT molecular complexity index is 365. The molecule has 1 aliphatic rings. The average Bonchev–Trinajstić information content (AvgIpc) is 2.58.